The molecule has 0 heterocycles. The lowest BCUT2D eigenvalue weighted by atomic mass is 10.5. The molecule has 0 N–H and O–H groups in total. The van der Waals surface area contributed by atoms with Gasteiger partial charge in [0.15, 0.2) is 0 Å². The topological polar surface area (TPSA) is 73.1 Å². The van der Waals surface area contributed by atoms with Gasteiger partial charge in [-0.25, -0.2) is 4.21 Å². The third-order valence-corrected chi connectivity index (χ3v) is 0.753. The van der Waals surface area contributed by atoms with Crippen LogP contribution in [0.4, 0.5) is 0 Å². The average Bonchev–Trinajstić information content (AvgIpc) is 1.66. The predicted octanol–water partition coefficient (Wildman–Crippen LogP) is -0.289. The minimum Gasteiger partial charge on any atom is -0.750 e. The molecule has 0 bridgehead atoms. The number of nitriles is 1. The lowest BCUT2D eigenvalue weighted by molar-refractivity contribution is 0.307. The largest absolute Gasteiger partial charge is 0.750 e. The molecule has 0 spiro atoms. The summed E-state index contributed by atoms with van der Waals surface area (Å²) >= 11 is -2.47. The summed E-state index contributed by atoms with van der Waals surface area (Å²) in [6, 6.07) is 1.72. The molecular formula is C3H4NO3S-. The molecule has 0 amide bonds. The Hall–Kier alpha value is -0.440. The molecule has 0 aliphatic rings. The van der Waals surface area contributed by atoms with Crippen molar-refractivity contribution in [3.8, 4) is 6.07 Å². The van der Waals surface area contributed by atoms with Crippen molar-refractivity contribution in [2.24, 2.45) is 0 Å². The Morgan fingerprint density at radius 1 is 1.88 bits per heavy atom. The molecule has 1 atom stereocenters. The number of rotatable bonds is 3. The number of hydrogen-bond acceptors (Lipinski definition) is 4. The van der Waals surface area contributed by atoms with E-state index in [1.807, 2.05) is 0 Å². The first-order valence-electron chi connectivity index (χ1n) is 1.87. The molecule has 0 rings (SSSR count). The standard InChI is InChI=1S/C3H5NO3S/c4-2-1-3-7-8(5)6/h1,3H2,(H,5,6)/p-1. The van der Waals surface area contributed by atoms with Gasteiger partial charge in [-0.15, -0.1) is 0 Å². The van der Waals surface area contributed by atoms with E-state index in [0.717, 1.165) is 0 Å². The highest BCUT2D eigenvalue weighted by Gasteiger charge is 1.81. The summed E-state index contributed by atoms with van der Waals surface area (Å²) in [6.45, 7) is -0.0490. The van der Waals surface area contributed by atoms with Crippen LogP contribution in [-0.2, 0) is 15.5 Å². The van der Waals surface area contributed by atoms with E-state index >= 15 is 0 Å². The molecule has 0 aliphatic carbocycles. The highest BCUT2D eigenvalue weighted by molar-refractivity contribution is 7.74. The zero-order chi connectivity index (χ0) is 6.41. The highest BCUT2D eigenvalue weighted by atomic mass is 32.2. The van der Waals surface area contributed by atoms with Crippen molar-refractivity contribution in [2.45, 2.75) is 6.42 Å². The monoisotopic (exact) mass is 134 g/mol. The summed E-state index contributed by atoms with van der Waals surface area (Å²) in [5.74, 6) is 0. The molecule has 0 saturated carbocycles. The van der Waals surface area contributed by atoms with Crippen molar-refractivity contribution in [2.75, 3.05) is 6.61 Å². The first-order valence-corrected chi connectivity index (χ1v) is 2.87. The lowest BCUT2D eigenvalue weighted by Gasteiger charge is -2.00. The van der Waals surface area contributed by atoms with Gasteiger partial charge in [-0.3, -0.25) is 4.18 Å². The third kappa shape index (κ3) is 5.56. The molecule has 0 aromatic heterocycles. The van der Waals surface area contributed by atoms with Gasteiger partial charge in [0.1, 0.15) is 0 Å². The molecule has 4 nitrogen and oxygen atoms in total. The Morgan fingerprint density at radius 2 is 2.50 bits per heavy atom. The fourth-order valence-electron chi connectivity index (χ4n) is 0.155. The molecule has 0 fully saturated rings. The van der Waals surface area contributed by atoms with Gasteiger partial charge in [-0.2, -0.15) is 5.26 Å². The van der Waals surface area contributed by atoms with Crippen LogP contribution >= 0.6 is 0 Å². The molecule has 0 aromatic rings. The van der Waals surface area contributed by atoms with Crippen molar-refractivity contribution in [1.82, 2.24) is 0 Å². The van der Waals surface area contributed by atoms with Crippen LogP contribution < -0.4 is 0 Å². The minimum absolute atomic E-state index is 0.0490. The van der Waals surface area contributed by atoms with E-state index in [1.54, 1.807) is 6.07 Å². The van der Waals surface area contributed by atoms with Crippen molar-refractivity contribution >= 4 is 11.4 Å². The second-order valence-corrected chi connectivity index (χ2v) is 1.58. The quantitative estimate of drug-likeness (QED) is 0.392. The van der Waals surface area contributed by atoms with Crippen molar-refractivity contribution < 1.29 is 12.9 Å². The summed E-state index contributed by atoms with van der Waals surface area (Å²) in [5.41, 5.74) is 0. The first-order chi connectivity index (χ1) is 3.77. The minimum atomic E-state index is -2.47. The average molecular weight is 134 g/mol. The number of nitrogens with zero attached hydrogens (tertiary/aromatic N) is 1. The molecular weight excluding hydrogens is 130 g/mol. The zero-order valence-electron chi connectivity index (χ0n) is 3.99. The Balaban J connectivity index is 2.97. The Morgan fingerprint density at radius 3 is 2.88 bits per heavy atom. The van der Waals surface area contributed by atoms with Crippen molar-refractivity contribution in [3.05, 3.63) is 0 Å². The maximum Gasteiger partial charge on any atom is 0.0842 e. The Bertz CT molecular complexity index is 118. The van der Waals surface area contributed by atoms with Gasteiger partial charge in [0.2, 0.25) is 0 Å². The van der Waals surface area contributed by atoms with Gasteiger partial charge in [0, 0.05) is 0 Å². The lowest BCUT2D eigenvalue weighted by Crippen LogP contribution is -1.95. The normalized spacial score (nSPS) is 12.5. The van der Waals surface area contributed by atoms with Crippen LogP contribution in [0.5, 0.6) is 0 Å². The van der Waals surface area contributed by atoms with Crippen LogP contribution in [0.2, 0.25) is 0 Å². The molecule has 0 saturated heterocycles. The SMILES string of the molecule is N#CCCOS(=O)[O-]. The molecule has 0 aliphatic heterocycles. The van der Waals surface area contributed by atoms with Crippen molar-refractivity contribution in [3.63, 3.8) is 0 Å². The fraction of sp³-hybridized carbons (Fsp3) is 0.667. The van der Waals surface area contributed by atoms with Crippen LogP contribution in [0.1, 0.15) is 6.42 Å². The Labute approximate surface area is 49.6 Å². The summed E-state index contributed by atoms with van der Waals surface area (Å²) < 4.78 is 23.1. The van der Waals surface area contributed by atoms with Gasteiger partial charge in [-0.1, -0.05) is 0 Å². The maximum absolute atomic E-state index is 9.54. The van der Waals surface area contributed by atoms with Crippen LogP contribution in [0.3, 0.4) is 0 Å². The van der Waals surface area contributed by atoms with E-state index in [0.29, 0.717) is 0 Å². The van der Waals surface area contributed by atoms with Gasteiger partial charge in [0.25, 0.3) is 0 Å². The predicted molar refractivity (Wildman–Crippen MR) is 25.1 cm³/mol. The Kier molecular flexibility index (Phi) is 4.45. The summed E-state index contributed by atoms with van der Waals surface area (Å²) in [7, 11) is 0. The second-order valence-electron chi connectivity index (χ2n) is 0.934. The molecule has 8 heavy (non-hydrogen) atoms. The summed E-state index contributed by atoms with van der Waals surface area (Å²) in [6.07, 6.45) is 0.105. The van der Waals surface area contributed by atoms with Gasteiger partial charge >= 0.3 is 0 Å². The summed E-state index contributed by atoms with van der Waals surface area (Å²) in [5, 5.41) is 7.85. The molecule has 1 unspecified atom stereocenters. The molecule has 0 radical (unpaired) electrons. The molecule has 0 aromatic carbocycles. The van der Waals surface area contributed by atoms with Crippen molar-refractivity contribution in [1.29, 1.82) is 5.26 Å². The maximum atomic E-state index is 9.54. The third-order valence-electron chi connectivity index (χ3n) is 0.393. The van der Waals surface area contributed by atoms with E-state index in [4.69, 9.17) is 5.26 Å². The zero-order valence-corrected chi connectivity index (χ0v) is 4.81. The smallest absolute Gasteiger partial charge is 0.0842 e. The molecule has 5 heteroatoms. The second kappa shape index (κ2) is 4.71. The van der Waals surface area contributed by atoms with Gasteiger partial charge in [0.05, 0.1) is 30.5 Å². The van der Waals surface area contributed by atoms with Crippen LogP contribution in [-0.4, -0.2) is 15.4 Å². The van der Waals surface area contributed by atoms with E-state index in [1.165, 1.54) is 0 Å². The van der Waals surface area contributed by atoms with Gasteiger partial charge < -0.3 is 4.55 Å². The first kappa shape index (κ1) is 7.56. The van der Waals surface area contributed by atoms with E-state index < -0.39 is 11.4 Å². The van der Waals surface area contributed by atoms with Crippen LogP contribution in [0.25, 0.3) is 0 Å². The van der Waals surface area contributed by atoms with Crippen LogP contribution in [0.15, 0.2) is 0 Å². The van der Waals surface area contributed by atoms with Gasteiger partial charge in [-0.05, 0) is 0 Å². The van der Waals surface area contributed by atoms with E-state index in [2.05, 4.69) is 4.18 Å². The molecule has 46 valence electrons. The fourth-order valence-corrected chi connectivity index (χ4v) is 0.375. The van der Waals surface area contributed by atoms with E-state index in [9.17, 15) is 8.76 Å². The number of hydrogen-bond donors (Lipinski definition) is 0. The highest BCUT2D eigenvalue weighted by Crippen LogP contribution is 1.80. The summed E-state index contributed by atoms with van der Waals surface area (Å²) in [4.78, 5) is 0. The van der Waals surface area contributed by atoms with Crippen LogP contribution in [0, 0.1) is 11.3 Å². The van der Waals surface area contributed by atoms with E-state index in [-0.39, 0.29) is 13.0 Å².